The first kappa shape index (κ1) is 18.2. The van der Waals surface area contributed by atoms with Gasteiger partial charge in [-0.1, -0.05) is 34.1 Å². The quantitative estimate of drug-likeness (QED) is 0.385. The molecule has 138 valence electrons. The summed E-state index contributed by atoms with van der Waals surface area (Å²) in [6.07, 6.45) is 5.01. The maximum absolute atomic E-state index is 5.75. The number of nitrogens with one attached hydrogen (secondary N) is 1. The fourth-order valence-electron chi connectivity index (χ4n) is 3.95. The van der Waals surface area contributed by atoms with Crippen molar-refractivity contribution in [3.05, 3.63) is 63.8 Å². The summed E-state index contributed by atoms with van der Waals surface area (Å²) in [6.45, 7) is 5.10. The Morgan fingerprint density at radius 3 is 2.67 bits per heavy atom. The molecule has 3 N–H and O–H groups in total. The van der Waals surface area contributed by atoms with Crippen LogP contribution in [0.1, 0.15) is 29.5 Å². The van der Waals surface area contributed by atoms with Crippen LogP contribution in [0.4, 0.5) is 0 Å². The van der Waals surface area contributed by atoms with E-state index in [4.69, 9.17) is 10.7 Å². The number of halogens is 1. The molecule has 4 rings (SSSR count). The van der Waals surface area contributed by atoms with Gasteiger partial charge in [-0.25, -0.2) is 0 Å². The van der Waals surface area contributed by atoms with E-state index in [2.05, 4.69) is 65.1 Å². The fourth-order valence-corrected chi connectivity index (χ4v) is 4.40. The highest BCUT2D eigenvalue weighted by molar-refractivity contribution is 9.10. The van der Waals surface area contributed by atoms with Crippen LogP contribution in [-0.2, 0) is 6.42 Å². The Bertz CT molecular complexity index is 1130. The molecule has 2 heterocycles. The number of nitrogens with two attached hydrogens (primary N) is 1. The van der Waals surface area contributed by atoms with Gasteiger partial charge in [0.15, 0.2) is 0 Å². The number of hydrogen-bond donors (Lipinski definition) is 2. The van der Waals surface area contributed by atoms with E-state index in [9.17, 15) is 0 Å². The third-order valence-electron chi connectivity index (χ3n) is 5.34. The molecule has 4 aromatic rings. The fraction of sp³-hybridized carbons (Fsp3) is 0.261. The number of H-pyrrole nitrogens is 1. The average Bonchev–Trinajstić information content (AvgIpc) is 3.06. The van der Waals surface area contributed by atoms with Crippen molar-refractivity contribution in [2.75, 3.05) is 6.54 Å². The molecule has 0 saturated heterocycles. The van der Waals surface area contributed by atoms with Gasteiger partial charge in [0, 0.05) is 32.5 Å². The average molecular weight is 422 g/mol. The van der Waals surface area contributed by atoms with Gasteiger partial charge in [0.1, 0.15) is 0 Å². The normalized spacial score (nSPS) is 11.6. The zero-order chi connectivity index (χ0) is 19.0. The summed E-state index contributed by atoms with van der Waals surface area (Å²) in [5, 5.41) is 2.49. The summed E-state index contributed by atoms with van der Waals surface area (Å²) < 4.78 is 1.07. The van der Waals surface area contributed by atoms with E-state index in [1.54, 1.807) is 0 Å². The molecule has 0 fully saturated rings. The molecule has 27 heavy (non-hydrogen) atoms. The molecule has 0 bridgehead atoms. The standard InChI is InChI=1S/C23H24BrN3/c1-14-8-9-15(2)21-20(14)17(6-3-4-12-25)23(27-21)18-10-11-19(24)16-7-5-13-26-22(16)18/h5,7-11,13,27H,3-4,6,12,25H2,1-2H3. The second-order valence-corrected chi connectivity index (χ2v) is 8.02. The van der Waals surface area contributed by atoms with Crippen LogP contribution >= 0.6 is 15.9 Å². The molecular formula is C23H24BrN3. The van der Waals surface area contributed by atoms with Crippen LogP contribution in [0.15, 0.2) is 47.1 Å². The molecule has 4 heteroatoms. The van der Waals surface area contributed by atoms with E-state index in [1.165, 1.54) is 33.3 Å². The molecule has 0 amide bonds. The zero-order valence-corrected chi connectivity index (χ0v) is 17.4. The minimum absolute atomic E-state index is 0.735. The number of hydrogen-bond acceptors (Lipinski definition) is 2. The Labute approximate surface area is 168 Å². The minimum Gasteiger partial charge on any atom is -0.354 e. The van der Waals surface area contributed by atoms with Gasteiger partial charge in [0.25, 0.3) is 0 Å². The summed E-state index contributed by atoms with van der Waals surface area (Å²) >= 11 is 3.67. The van der Waals surface area contributed by atoms with E-state index >= 15 is 0 Å². The van der Waals surface area contributed by atoms with Gasteiger partial charge in [-0.05, 0) is 74.5 Å². The van der Waals surface area contributed by atoms with E-state index in [0.29, 0.717) is 0 Å². The molecule has 0 unspecified atom stereocenters. The lowest BCUT2D eigenvalue weighted by Gasteiger charge is -2.10. The van der Waals surface area contributed by atoms with Gasteiger partial charge < -0.3 is 10.7 Å². The van der Waals surface area contributed by atoms with Gasteiger partial charge in [0.2, 0.25) is 0 Å². The van der Waals surface area contributed by atoms with Gasteiger partial charge in [-0.3, -0.25) is 4.98 Å². The Morgan fingerprint density at radius 2 is 1.85 bits per heavy atom. The smallest absolute Gasteiger partial charge is 0.0806 e. The molecule has 2 aromatic carbocycles. The number of pyridine rings is 1. The summed E-state index contributed by atoms with van der Waals surface area (Å²) in [6, 6.07) is 12.8. The molecule has 0 aliphatic rings. The van der Waals surface area contributed by atoms with Gasteiger partial charge in [-0.15, -0.1) is 0 Å². The minimum atomic E-state index is 0.735. The first-order valence-corrected chi connectivity index (χ1v) is 10.3. The molecule has 0 aliphatic carbocycles. The van der Waals surface area contributed by atoms with Crippen molar-refractivity contribution in [1.29, 1.82) is 0 Å². The maximum Gasteiger partial charge on any atom is 0.0806 e. The van der Waals surface area contributed by atoms with Crippen LogP contribution in [0.5, 0.6) is 0 Å². The van der Waals surface area contributed by atoms with Crippen molar-refractivity contribution in [3.8, 4) is 11.3 Å². The number of benzene rings is 2. The van der Waals surface area contributed by atoms with Gasteiger partial charge >= 0.3 is 0 Å². The van der Waals surface area contributed by atoms with Crippen LogP contribution in [0.3, 0.4) is 0 Å². The Kier molecular flexibility index (Phi) is 5.02. The van der Waals surface area contributed by atoms with Gasteiger partial charge in [0.05, 0.1) is 11.2 Å². The van der Waals surface area contributed by atoms with Crippen LogP contribution < -0.4 is 5.73 Å². The predicted octanol–water partition coefficient (Wildman–Crippen LogP) is 6.04. The molecular weight excluding hydrogens is 398 g/mol. The van der Waals surface area contributed by atoms with Crippen LogP contribution in [0, 0.1) is 13.8 Å². The summed E-state index contributed by atoms with van der Waals surface area (Å²) in [5.74, 6) is 0. The van der Waals surface area contributed by atoms with E-state index < -0.39 is 0 Å². The number of nitrogens with zero attached hydrogens (tertiary/aromatic N) is 1. The molecule has 2 aromatic heterocycles. The predicted molar refractivity (Wildman–Crippen MR) is 118 cm³/mol. The van der Waals surface area contributed by atoms with E-state index in [1.807, 2.05) is 12.3 Å². The third kappa shape index (κ3) is 3.17. The highest BCUT2D eigenvalue weighted by atomic mass is 79.9. The SMILES string of the molecule is Cc1ccc(C)c2c(CCCCN)c(-c3ccc(Br)c4cccnc34)[nH]c12. The molecule has 0 spiro atoms. The molecule has 3 nitrogen and oxygen atoms in total. The van der Waals surface area contributed by atoms with Crippen LogP contribution in [0.2, 0.25) is 0 Å². The first-order chi connectivity index (χ1) is 13.1. The Morgan fingerprint density at radius 1 is 1.04 bits per heavy atom. The van der Waals surface area contributed by atoms with E-state index in [-0.39, 0.29) is 0 Å². The Balaban J connectivity index is 2.02. The topological polar surface area (TPSA) is 54.7 Å². The molecule has 0 saturated carbocycles. The van der Waals surface area contributed by atoms with Crippen molar-refractivity contribution in [3.63, 3.8) is 0 Å². The van der Waals surface area contributed by atoms with Crippen LogP contribution in [0.25, 0.3) is 33.1 Å². The number of unbranched alkanes of at least 4 members (excludes halogenated alkanes) is 1. The number of aromatic nitrogens is 2. The lowest BCUT2D eigenvalue weighted by Crippen LogP contribution is -1.99. The first-order valence-electron chi connectivity index (χ1n) is 9.46. The third-order valence-corrected chi connectivity index (χ3v) is 6.03. The second kappa shape index (κ2) is 7.45. The zero-order valence-electron chi connectivity index (χ0n) is 15.8. The number of fused-ring (bicyclic) bond motifs is 2. The lowest BCUT2D eigenvalue weighted by atomic mass is 9.96. The number of rotatable bonds is 5. The van der Waals surface area contributed by atoms with Gasteiger partial charge in [-0.2, -0.15) is 0 Å². The largest absolute Gasteiger partial charge is 0.354 e. The van der Waals surface area contributed by atoms with Crippen molar-refractivity contribution in [2.45, 2.75) is 33.1 Å². The number of aryl methyl sites for hydroxylation is 3. The summed E-state index contributed by atoms with van der Waals surface area (Å²) in [5.41, 5.74) is 14.3. The molecule has 0 atom stereocenters. The molecule has 0 radical (unpaired) electrons. The van der Waals surface area contributed by atoms with Crippen molar-refractivity contribution in [2.24, 2.45) is 5.73 Å². The van der Waals surface area contributed by atoms with Crippen molar-refractivity contribution in [1.82, 2.24) is 9.97 Å². The summed E-state index contributed by atoms with van der Waals surface area (Å²) in [4.78, 5) is 8.44. The highest BCUT2D eigenvalue weighted by Crippen LogP contribution is 2.38. The summed E-state index contributed by atoms with van der Waals surface area (Å²) in [7, 11) is 0. The van der Waals surface area contributed by atoms with E-state index in [0.717, 1.165) is 46.7 Å². The van der Waals surface area contributed by atoms with Crippen LogP contribution in [-0.4, -0.2) is 16.5 Å². The van der Waals surface area contributed by atoms with Crippen molar-refractivity contribution >= 4 is 37.7 Å². The Hall–Kier alpha value is -2.17. The number of aromatic amines is 1. The molecule has 0 aliphatic heterocycles. The maximum atomic E-state index is 5.75. The second-order valence-electron chi connectivity index (χ2n) is 7.17. The lowest BCUT2D eigenvalue weighted by molar-refractivity contribution is 0.748. The highest BCUT2D eigenvalue weighted by Gasteiger charge is 2.18. The monoisotopic (exact) mass is 421 g/mol. The van der Waals surface area contributed by atoms with Crippen molar-refractivity contribution < 1.29 is 0 Å².